The third kappa shape index (κ3) is 5.07. The minimum atomic E-state index is -0.879. The van der Waals surface area contributed by atoms with E-state index in [1.165, 1.54) is 37.1 Å². The quantitative estimate of drug-likeness (QED) is 0.788. The van der Waals surface area contributed by atoms with E-state index in [2.05, 4.69) is 10.2 Å². The van der Waals surface area contributed by atoms with Crippen LogP contribution in [0.2, 0.25) is 0 Å². The predicted molar refractivity (Wildman–Crippen MR) is 109 cm³/mol. The highest BCUT2D eigenvalue weighted by molar-refractivity contribution is 5.92. The van der Waals surface area contributed by atoms with Crippen molar-refractivity contribution in [1.29, 1.82) is 0 Å². The minimum Gasteiger partial charge on any atom is -0.372 e. The normalized spacial score (nSPS) is 15.5. The predicted octanol–water partition coefficient (Wildman–Crippen LogP) is 4.59. The topological polar surface area (TPSA) is 35.6 Å². The molecule has 2 aromatic carbocycles. The zero-order valence-electron chi connectivity index (χ0n) is 16.4. The van der Waals surface area contributed by atoms with Gasteiger partial charge in [-0.05, 0) is 75.2 Å². The molecule has 28 heavy (non-hydrogen) atoms. The van der Waals surface area contributed by atoms with Crippen LogP contribution in [0.5, 0.6) is 0 Å². The maximum Gasteiger partial charge on any atom is 0.238 e. The lowest BCUT2D eigenvalue weighted by Gasteiger charge is -2.29. The first kappa shape index (κ1) is 20.3. The molecule has 1 N–H and O–H groups in total. The van der Waals surface area contributed by atoms with Crippen LogP contribution in [0.4, 0.5) is 20.2 Å². The van der Waals surface area contributed by atoms with Crippen molar-refractivity contribution in [3.63, 3.8) is 0 Å². The Balaban J connectivity index is 1.54. The highest BCUT2D eigenvalue weighted by Crippen LogP contribution is 2.23. The number of nitrogens with zero attached hydrogens (tertiary/aromatic N) is 2. The number of hydrogen-bond acceptors (Lipinski definition) is 3. The van der Waals surface area contributed by atoms with Gasteiger partial charge in [0.1, 0.15) is 0 Å². The number of likely N-dealkylation sites (N-methyl/N-ethyl adjacent to an activating group) is 1. The average molecular weight is 387 g/mol. The largest absolute Gasteiger partial charge is 0.372 e. The third-order valence-corrected chi connectivity index (χ3v) is 5.35. The summed E-state index contributed by atoms with van der Waals surface area (Å²) in [4.78, 5) is 16.5. The van der Waals surface area contributed by atoms with Gasteiger partial charge in [-0.3, -0.25) is 9.69 Å². The highest BCUT2D eigenvalue weighted by Gasteiger charge is 2.17. The molecule has 1 heterocycles. The number of halogens is 2. The molecule has 4 nitrogen and oxygen atoms in total. The monoisotopic (exact) mass is 387 g/mol. The number of nitrogens with one attached hydrogen (secondary N) is 1. The average Bonchev–Trinajstić information content (AvgIpc) is 2.70. The fourth-order valence-electron chi connectivity index (χ4n) is 3.50. The summed E-state index contributed by atoms with van der Waals surface area (Å²) in [6.07, 6.45) is 3.74. The number of carbonyl (C=O) groups excluding carboxylic acids is 1. The van der Waals surface area contributed by atoms with Crippen LogP contribution in [0, 0.1) is 11.6 Å². The lowest BCUT2D eigenvalue weighted by Crippen LogP contribution is -2.32. The maximum atomic E-state index is 13.4. The first-order valence-electron chi connectivity index (χ1n) is 9.74. The van der Waals surface area contributed by atoms with Gasteiger partial charge < -0.3 is 10.2 Å². The molecule has 0 spiro atoms. The molecule has 1 aliphatic heterocycles. The number of hydrogen-bond donors (Lipinski definition) is 1. The Morgan fingerprint density at radius 1 is 1.07 bits per heavy atom. The van der Waals surface area contributed by atoms with Crippen molar-refractivity contribution in [2.24, 2.45) is 0 Å². The Hall–Kier alpha value is -2.47. The van der Waals surface area contributed by atoms with Gasteiger partial charge in [-0.25, -0.2) is 8.78 Å². The van der Waals surface area contributed by atoms with Gasteiger partial charge in [0.2, 0.25) is 5.91 Å². The molecule has 1 unspecified atom stereocenters. The zero-order valence-corrected chi connectivity index (χ0v) is 16.4. The number of anilines is 2. The zero-order chi connectivity index (χ0) is 20.1. The van der Waals surface area contributed by atoms with Crippen molar-refractivity contribution < 1.29 is 13.6 Å². The summed E-state index contributed by atoms with van der Waals surface area (Å²) in [6.45, 7) is 4.16. The van der Waals surface area contributed by atoms with E-state index in [0.717, 1.165) is 24.8 Å². The van der Waals surface area contributed by atoms with Gasteiger partial charge >= 0.3 is 0 Å². The number of amides is 1. The van der Waals surface area contributed by atoms with Crippen LogP contribution < -0.4 is 10.2 Å². The Bertz CT molecular complexity index is 804. The number of carbonyl (C=O) groups is 1. The number of rotatable bonds is 6. The van der Waals surface area contributed by atoms with Crippen LogP contribution in [-0.2, 0) is 4.79 Å². The van der Waals surface area contributed by atoms with Crippen LogP contribution in [0.25, 0.3) is 0 Å². The molecule has 150 valence electrons. The second-order valence-corrected chi connectivity index (χ2v) is 7.41. The van der Waals surface area contributed by atoms with Crippen LogP contribution in [0.3, 0.4) is 0 Å². The van der Waals surface area contributed by atoms with E-state index in [1.807, 2.05) is 31.2 Å². The molecule has 2 aromatic rings. The van der Waals surface area contributed by atoms with E-state index in [4.69, 9.17) is 0 Å². The molecule has 1 atom stereocenters. The smallest absolute Gasteiger partial charge is 0.238 e. The molecule has 3 rings (SSSR count). The van der Waals surface area contributed by atoms with E-state index < -0.39 is 11.6 Å². The van der Waals surface area contributed by atoms with Gasteiger partial charge in [0.25, 0.3) is 0 Å². The van der Waals surface area contributed by atoms with Gasteiger partial charge in [-0.1, -0.05) is 6.07 Å². The standard InChI is InChI=1S/C22H27F2N3O/c1-16(17-6-11-20(23)21(24)14-17)26(2)15-22(28)25-18-7-9-19(10-8-18)27-12-4-3-5-13-27/h6-11,14,16H,3-5,12-13,15H2,1-2H3,(H,25,28). The Kier molecular flexibility index (Phi) is 6.62. The van der Waals surface area contributed by atoms with E-state index in [1.54, 1.807) is 11.9 Å². The molecule has 6 heteroatoms. The van der Waals surface area contributed by atoms with Gasteiger partial charge in [0, 0.05) is 30.5 Å². The second kappa shape index (κ2) is 9.15. The molecular weight excluding hydrogens is 360 g/mol. The van der Waals surface area contributed by atoms with Crippen LogP contribution in [-0.4, -0.2) is 37.5 Å². The summed E-state index contributed by atoms with van der Waals surface area (Å²) in [5.41, 5.74) is 2.56. The van der Waals surface area contributed by atoms with Gasteiger partial charge in [-0.2, -0.15) is 0 Å². The first-order valence-corrected chi connectivity index (χ1v) is 9.74. The van der Waals surface area contributed by atoms with Crippen molar-refractivity contribution >= 4 is 17.3 Å². The van der Waals surface area contributed by atoms with Crippen LogP contribution >= 0.6 is 0 Å². The summed E-state index contributed by atoms with van der Waals surface area (Å²) in [6, 6.07) is 11.5. The van der Waals surface area contributed by atoms with Crippen LogP contribution in [0.15, 0.2) is 42.5 Å². The fourth-order valence-corrected chi connectivity index (χ4v) is 3.50. The molecule has 0 saturated carbocycles. The van der Waals surface area contributed by atoms with Gasteiger partial charge in [0.05, 0.1) is 6.54 Å². The van der Waals surface area contributed by atoms with E-state index in [-0.39, 0.29) is 18.5 Å². The van der Waals surface area contributed by atoms with Crippen molar-refractivity contribution in [3.8, 4) is 0 Å². The van der Waals surface area contributed by atoms with Crippen molar-refractivity contribution in [3.05, 3.63) is 59.7 Å². The molecule has 0 radical (unpaired) electrons. The fraction of sp³-hybridized carbons (Fsp3) is 0.409. The van der Waals surface area contributed by atoms with E-state index in [9.17, 15) is 13.6 Å². The second-order valence-electron chi connectivity index (χ2n) is 7.41. The molecule has 1 aliphatic rings. The molecule has 0 aromatic heterocycles. The molecule has 0 aliphatic carbocycles. The Morgan fingerprint density at radius 3 is 2.39 bits per heavy atom. The molecular formula is C22H27F2N3O. The molecule has 1 amide bonds. The Labute approximate surface area is 165 Å². The summed E-state index contributed by atoms with van der Waals surface area (Å²) >= 11 is 0. The lowest BCUT2D eigenvalue weighted by molar-refractivity contribution is -0.117. The Morgan fingerprint density at radius 2 is 1.75 bits per heavy atom. The summed E-state index contributed by atoms with van der Waals surface area (Å²) in [7, 11) is 1.78. The van der Waals surface area contributed by atoms with Crippen molar-refractivity contribution in [1.82, 2.24) is 4.90 Å². The van der Waals surface area contributed by atoms with Crippen molar-refractivity contribution in [2.75, 3.05) is 36.9 Å². The summed E-state index contributed by atoms with van der Waals surface area (Å²) < 4.78 is 26.6. The van der Waals surface area contributed by atoms with Gasteiger partial charge in [-0.15, -0.1) is 0 Å². The number of piperidine rings is 1. The summed E-state index contributed by atoms with van der Waals surface area (Å²) in [5, 5.41) is 2.90. The molecule has 0 bridgehead atoms. The molecule has 1 saturated heterocycles. The molecule has 1 fully saturated rings. The minimum absolute atomic E-state index is 0.147. The van der Waals surface area contributed by atoms with E-state index >= 15 is 0 Å². The number of benzene rings is 2. The van der Waals surface area contributed by atoms with Gasteiger partial charge in [0.15, 0.2) is 11.6 Å². The SMILES string of the molecule is CC(c1ccc(F)c(F)c1)N(C)CC(=O)Nc1ccc(N2CCCCC2)cc1. The first-order chi connectivity index (χ1) is 13.4. The maximum absolute atomic E-state index is 13.4. The van der Waals surface area contributed by atoms with E-state index in [0.29, 0.717) is 5.56 Å². The lowest BCUT2D eigenvalue weighted by atomic mass is 10.1. The third-order valence-electron chi connectivity index (χ3n) is 5.35. The van der Waals surface area contributed by atoms with Crippen molar-refractivity contribution in [2.45, 2.75) is 32.2 Å². The highest BCUT2D eigenvalue weighted by atomic mass is 19.2. The van der Waals surface area contributed by atoms with Crippen LogP contribution in [0.1, 0.15) is 37.8 Å². The summed E-state index contributed by atoms with van der Waals surface area (Å²) in [5.74, 6) is -1.90.